The Balaban J connectivity index is 2.66. The molecule has 1 N–H and O–H groups in total. The molecule has 4 heteroatoms. The molecule has 0 bridgehead atoms. The minimum absolute atomic E-state index is 0.0326. The molecule has 0 amide bonds. The second kappa shape index (κ2) is 3.96. The van der Waals surface area contributed by atoms with E-state index in [1.807, 2.05) is 0 Å². The third-order valence-corrected chi connectivity index (χ3v) is 2.34. The maximum absolute atomic E-state index is 11.7. The van der Waals surface area contributed by atoms with Gasteiger partial charge in [0.1, 0.15) is 0 Å². The first-order valence-electron chi connectivity index (χ1n) is 5.28. The lowest BCUT2D eigenvalue weighted by Gasteiger charge is -2.06. The number of rotatable bonds is 2. The number of aromatic hydroxyl groups is 1. The van der Waals surface area contributed by atoms with Crippen LogP contribution in [-0.2, 0) is 6.42 Å². The molecule has 0 spiro atoms. The summed E-state index contributed by atoms with van der Waals surface area (Å²) in [6.07, 6.45) is 2.34. The lowest BCUT2D eigenvalue weighted by Crippen LogP contribution is -2.16. The van der Waals surface area contributed by atoms with Gasteiger partial charge in [-0.2, -0.15) is 0 Å². The molecule has 0 saturated carbocycles. The smallest absolute Gasteiger partial charge is 0.258 e. The van der Waals surface area contributed by atoms with Gasteiger partial charge in [-0.1, -0.05) is 13.8 Å². The molecule has 2 heterocycles. The van der Waals surface area contributed by atoms with Gasteiger partial charge in [-0.3, -0.25) is 9.20 Å². The van der Waals surface area contributed by atoms with Gasteiger partial charge in [0.25, 0.3) is 5.56 Å². The molecule has 0 aliphatic carbocycles. The Kier molecular flexibility index (Phi) is 2.64. The van der Waals surface area contributed by atoms with Gasteiger partial charge in [0.05, 0.1) is 0 Å². The second-order valence-corrected chi connectivity index (χ2v) is 4.27. The fourth-order valence-corrected chi connectivity index (χ4v) is 1.68. The molecule has 0 saturated heterocycles. The molecule has 2 aromatic rings. The Bertz CT molecular complexity index is 573. The van der Waals surface area contributed by atoms with Crippen LogP contribution < -0.4 is 5.56 Å². The van der Waals surface area contributed by atoms with Crippen LogP contribution in [-0.4, -0.2) is 14.5 Å². The van der Waals surface area contributed by atoms with Crippen LogP contribution in [0.3, 0.4) is 0 Å². The number of nitrogens with zero attached hydrogens (tertiary/aromatic N) is 2. The molecule has 0 unspecified atom stereocenters. The molecule has 0 aromatic carbocycles. The molecule has 0 aliphatic rings. The van der Waals surface area contributed by atoms with Gasteiger partial charge in [0, 0.05) is 18.0 Å². The molecule has 2 rings (SSSR count). The molecular weight excluding hydrogens is 204 g/mol. The highest BCUT2D eigenvalue weighted by atomic mass is 16.3. The molecule has 0 aliphatic heterocycles. The van der Waals surface area contributed by atoms with Crippen molar-refractivity contribution in [3.63, 3.8) is 0 Å². The molecule has 16 heavy (non-hydrogen) atoms. The van der Waals surface area contributed by atoms with Gasteiger partial charge in [0.15, 0.2) is 11.4 Å². The average Bonchev–Trinajstić information content (AvgIpc) is 2.19. The van der Waals surface area contributed by atoms with Crippen molar-refractivity contribution in [1.82, 2.24) is 9.38 Å². The van der Waals surface area contributed by atoms with Gasteiger partial charge in [-0.05, 0) is 24.5 Å². The summed E-state index contributed by atoms with van der Waals surface area (Å²) in [6.45, 7) is 4.13. The standard InChI is InChI=1S/C12H14N2O2/c1-8(2)6-9-7-11(16)14-5-3-4-10(15)12(14)13-9/h3-5,7-8,15H,6H2,1-2H3. The topological polar surface area (TPSA) is 54.6 Å². The predicted molar refractivity (Wildman–Crippen MR) is 61.7 cm³/mol. The highest BCUT2D eigenvalue weighted by Crippen LogP contribution is 2.14. The number of fused-ring (bicyclic) bond motifs is 1. The molecular formula is C12H14N2O2. The molecule has 4 nitrogen and oxygen atoms in total. The minimum Gasteiger partial charge on any atom is -0.504 e. The van der Waals surface area contributed by atoms with E-state index in [0.717, 1.165) is 12.1 Å². The summed E-state index contributed by atoms with van der Waals surface area (Å²) in [4.78, 5) is 16.0. The average molecular weight is 218 g/mol. The molecule has 0 fully saturated rings. The Morgan fingerprint density at radius 2 is 2.25 bits per heavy atom. The summed E-state index contributed by atoms with van der Waals surface area (Å²) in [5, 5.41) is 9.63. The van der Waals surface area contributed by atoms with Crippen LogP contribution in [0.5, 0.6) is 5.75 Å². The first kappa shape index (κ1) is 10.7. The highest BCUT2D eigenvalue weighted by molar-refractivity contribution is 5.52. The Hall–Kier alpha value is -1.84. The number of hydrogen-bond acceptors (Lipinski definition) is 3. The van der Waals surface area contributed by atoms with E-state index in [2.05, 4.69) is 18.8 Å². The normalized spacial score (nSPS) is 11.2. The summed E-state index contributed by atoms with van der Waals surface area (Å²) in [6, 6.07) is 4.67. The van der Waals surface area contributed by atoms with Crippen LogP contribution in [0.4, 0.5) is 0 Å². The highest BCUT2D eigenvalue weighted by Gasteiger charge is 2.06. The van der Waals surface area contributed by atoms with Crippen LogP contribution >= 0.6 is 0 Å². The van der Waals surface area contributed by atoms with Crippen molar-refractivity contribution in [3.05, 3.63) is 40.4 Å². The van der Waals surface area contributed by atoms with Crippen LogP contribution in [0, 0.1) is 5.92 Å². The van der Waals surface area contributed by atoms with E-state index < -0.39 is 0 Å². The molecule has 2 aromatic heterocycles. The maximum Gasteiger partial charge on any atom is 0.258 e. The third kappa shape index (κ3) is 1.91. The number of aromatic nitrogens is 2. The summed E-state index contributed by atoms with van der Waals surface area (Å²) in [5.41, 5.74) is 0.892. The van der Waals surface area contributed by atoms with Crippen molar-refractivity contribution in [2.24, 2.45) is 5.92 Å². The zero-order valence-corrected chi connectivity index (χ0v) is 9.34. The summed E-state index contributed by atoms with van der Waals surface area (Å²) in [7, 11) is 0. The zero-order valence-electron chi connectivity index (χ0n) is 9.34. The fourth-order valence-electron chi connectivity index (χ4n) is 1.68. The van der Waals surface area contributed by atoms with E-state index in [9.17, 15) is 9.90 Å². The molecule has 0 atom stereocenters. The third-order valence-electron chi connectivity index (χ3n) is 2.34. The van der Waals surface area contributed by atoms with Crippen LogP contribution in [0.1, 0.15) is 19.5 Å². The van der Waals surface area contributed by atoms with Crippen molar-refractivity contribution in [2.75, 3.05) is 0 Å². The first-order chi connectivity index (χ1) is 7.58. The van der Waals surface area contributed by atoms with Crippen LogP contribution in [0.15, 0.2) is 29.2 Å². The SMILES string of the molecule is CC(C)Cc1cc(=O)n2cccc(O)c2n1. The van der Waals surface area contributed by atoms with Crippen molar-refractivity contribution in [3.8, 4) is 5.75 Å². The maximum atomic E-state index is 11.7. The summed E-state index contributed by atoms with van der Waals surface area (Å²) >= 11 is 0. The number of pyridine rings is 1. The Morgan fingerprint density at radius 1 is 1.50 bits per heavy atom. The minimum atomic E-state index is -0.156. The lowest BCUT2D eigenvalue weighted by atomic mass is 10.1. The van der Waals surface area contributed by atoms with Gasteiger partial charge in [0.2, 0.25) is 0 Å². The predicted octanol–water partition coefficient (Wildman–Crippen LogP) is 1.60. The van der Waals surface area contributed by atoms with E-state index in [0.29, 0.717) is 11.6 Å². The largest absolute Gasteiger partial charge is 0.504 e. The van der Waals surface area contributed by atoms with E-state index in [-0.39, 0.29) is 11.3 Å². The summed E-state index contributed by atoms with van der Waals surface area (Å²) < 4.78 is 1.35. The van der Waals surface area contributed by atoms with E-state index in [1.54, 1.807) is 12.3 Å². The fraction of sp³-hybridized carbons (Fsp3) is 0.333. The van der Waals surface area contributed by atoms with Gasteiger partial charge in [-0.25, -0.2) is 4.98 Å². The molecule has 84 valence electrons. The lowest BCUT2D eigenvalue weighted by molar-refractivity contribution is 0.476. The quantitative estimate of drug-likeness (QED) is 0.833. The van der Waals surface area contributed by atoms with E-state index in [1.165, 1.54) is 16.5 Å². The van der Waals surface area contributed by atoms with Crippen molar-refractivity contribution >= 4 is 5.65 Å². The zero-order chi connectivity index (χ0) is 11.7. The van der Waals surface area contributed by atoms with Gasteiger partial charge in [-0.15, -0.1) is 0 Å². The van der Waals surface area contributed by atoms with Gasteiger partial charge < -0.3 is 5.11 Å². The van der Waals surface area contributed by atoms with Crippen LogP contribution in [0.25, 0.3) is 5.65 Å². The first-order valence-corrected chi connectivity index (χ1v) is 5.28. The Labute approximate surface area is 93.2 Å². The van der Waals surface area contributed by atoms with Crippen molar-refractivity contribution in [2.45, 2.75) is 20.3 Å². The Morgan fingerprint density at radius 3 is 2.94 bits per heavy atom. The van der Waals surface area contributed by atoms with Crippen molar-refractivity contribution < 1.29 is 5.11 Å². The van der Waals surface area contributed by atoms with E-state index in [4.69, 9.17) is 0 Å². The number of hydrogen-bond donors (Lipinski definition) is 1. The van der Waals surface area contributed by atoms with Crippen LogP contribution in [0.2, 0.25) is 0 Å². The van der Waals surface area contributed by atoms with E-state index >= 15 is 0 Å². The van der Waals surface area contributed by atoms with Gasteiger partial charge >= 0.3 is 0 Å². The molecule has 0 radical (unpaired) electrons. The summed E-state index contributed by atoms with van der Waals surface area (Å²) in [5.74, 6) is 0.463. The second-order valence-electron chi connectivity index (χ2n) is 4.27. The monoisotopic (exact) mass is 218 g/mol. The van der Waals surface area contributed by atoms with Crippen molar-refractivity contribution in [1.29, 1.82) is 0 Å².